The molecule has 24 heavy (non-hydrogen) atoms. The van der Waals surface area contributed by atoms with Crippen molar-refractivity contribution in [3.8, 4) is 0 Å². The van der Waals surface area contributed by atoms with Gasteiger partial charge in [0.05, 0.1) is 0 Å². The van der Waals surface area contributed by atoms with Gasteiger partial charge in [-0.3, -0.25) is 4.79 Å². The van der Waals surface area contributed by atoms with Gasteiger partial charge >= 0.3 is 5.97 Å². The molecule has 0 amide bonds. The van der Waals surface area contributed by atoms with E-state index in [9.17, 15) is 4.79 Å². The Morgan fingerprint density at radius 3 is 2.29 bits per heavy atom. The third kappa shape index (κ3) is 5.76. The molecule has 0 saturated heterocycles. The van der Waals surface area contributed by atoms with E-state index in [4.69, 9.17) is 20.8 Å². The Labute approximate surface area is 152 Å². The number of allylic oxidation sites excluding steroid dienone is 1. The average Bonchev–Trinajstić information content (AvgIpc) is 2.51. The van der Waals surface area contributed by atoms with Crippen LogP contribution in [0, 0.1) is 0 Å². The summed E-state index contributed by atoms with van der Waals surface area (Å²) in [6.45, 7) is 12.9. The second-order valence-corrected chi connectivity index (χ2v) is 12.3. The van der Waals surface area contributed by atoms with Crippen LogP contribution in [-0.4, -0.2) is 26.3 Å². The van der Waals surface area contributed by atoms with Crippen molar-refractivity contribution >= 4 is 25.9 Å². The molecule has 0 fully saturated rings. The first kappa shape index (κ1) is 20.9. The molecule has 0 N–H and O–H groups in total. The minimum atomic E-state index is -2.04. The zero-order chi connectivity index (χ0) is 18.4. The highest BCUT2D eigenvalue weighted by atomic mass is 35.5. The molecule has 0 aliphatic carbocycles. The van der Waals surface area contributed by atoms with E-state index >= 15 is 0 Å². The summed E-state index contributed by atoms with van der Waals surface area (Å²) in [6.07, 6.45) is 3.04. The zero-order valence-electron chi connectivity index (χ0n) is 15.5. The number of rotatable bonds is 7. The highest BCUT2D eigenvalue weighted by molar-refractivity contribution is 6.74. The summed E-state index contributed by atoms with van der Waals surface area (Å²) in [5, 5.41) is 0.0601. The fourth-order valence-electron chi connectivity index (χ4n) is 2.05. The summed E-state index contributed by atoms with van der Waals surface area (Å²) in [6, 6.07) is 9.67. The van der Waals surface area contributed by atoms with E-state index in [1.807, 2.05) is 49.4 Å². The number of benzene rings is 1. The van der Waals surface area contributed by atoms with Crippen LogP contribution in [0.5, 0.6) is 0 Å². The Hall–Kier alpha value is -1.10. The second-order valence-electron chi connectivity index (χ2n) is 7.32. The van der Waals surface area contributed by atoms with Crippen LogP contribution in [0.3, 0.4) is 0 Å². The maximum atomic E-state index is 11.8. The van der Waals surface area contributed by atoms with Gasteiger partial charge in [0.1, 0.15) is 12.0 Å². The highest BCUT2D eigenvalue weighted by Gasteiger charge is 2.41. The van der Waals surface area contributed by atoms with Crippen LogP contribution in [0.2, 0.25) is 18.1 Å². The van der Waals surface area contributed by atoms with Crippen molar-refractivity contribution in [2.24, 2.45) is 0 Å². The number of hydrogen-bond donors (Lipinski definition) is 0. The molecule has 134 valence electrons. The number of esters is 1. The van der Waals surface area contributed by atoms with E-state index in [-0.39, 0.29) is 17.0 Å². The number of carbonyl (C=O) groups excluding carboxylic acids is 1. The lowest BCUT2D eigenvalue weighted by molar-refractivity contribution is -0.150. The van der Waals surface area contributed by atoms with Gasteiger partial charge in [0.2, 0.25) is 0 Å². The molecule has 0 saturated carbocycles. The standard InChI is InChI=1S/C19H29ClO3Si/c1-7-11-16(23-24(5,6)19(2,3)4)18(22-17(21)14-20)15-12-9-8-10-13-15/h7-13,16,18H,14H2,1-6H3/b11-7+/t16-,18-/m0/s1. The average molecular weight is 369 g/mol. The quantitative estimate of drug-likeness (QED) is 0.277. The van der Waals surface area contributed by atoms with Crippen LogP contribution in [0.1, 0.15) is 39.4 Å². The predicted molar refractivity (Wildman–Crippen MR) is 103 cm³/mol. The Morgan fingerprint density at radius 1 is 1.25 bits per heavy atom. The molecule has 1 aromatic rings. The lowest BCUT2D eigenvalue weighted by Gasteiger charge is -2.40. The summed E-state index contributed by atoms with van der Waals surface area (Å²) in [5.74, 6) is -0.620. The molecular formula is C19H29ClO3Si. The molecule has 0 aromatic heterocycles. The Balaban J connectivity index is 3.20. The zero-order valence-corrected chi connectivity index (χ0v) is 17.3. The van der Waals surface area contributed by atoms with Crippen molar-refractivity contribution in [1.29, 1.82) is 0 Å². The summed E-state index contributed by atoms with van der Waals surface area (Å²) in [4.78, 5) is 11.8. The third-order valence-corrected chi connectivity index (χ3v) is 9.11. The summed E-state index contributed by atoms with van der Waals surface area (Å²) >= 11 is 5.65. The number of halogens is 1. The molecule has 0 heterocycles. The van der Waals surface area contributed by atoms with Gasteiger partial charge in [-0.2, -0.15) is 0 Å². The smallest absolute Gasteiger partial charge is 0.321 e. The Morgan fingerprint density at radius 2 is 1.83 bits per heavy atom. The van der Waals surface area contributed by atoms with Gasteiger partial charge in [-0.1, -0.05) is 63.3 Å². The van der Waals surface area contributed by atoms with Crippen molar-refractivity contribution in [2.45, 2.75) is 58.0 Å². The molecule has 0 bridgehead atoms. The van der Waals surface area contributed by atoms with E-state index < -0.39 is 20.4 Å². The fourth-order valence-corrected chi connectivity index (χ4v) is 3.35. The van der Waals surface area contributed by atoms with Crippen molar-refractivity contribution in [1.82, 2.24) is 0 Å². The number of hydrogen-bond acceptors (Lipinski definition) is 3. The predicted octanol–water partition coefficient (Wildman–Crippen LogP) is 5.48. The Kier molecular flexibility index (Phi) is 7.71. The second kappa shape index (κ2) is 8.84. The van der Waals surface area contributed by atoms with Gasteiger partial charge in [-0.25, -0.2) is 0 Å². The number of ether oxygens (including phenoxy) is 1. The summed E-state index contributed by atoms with van der Waals surface area (Å²) < 4.78 is 12.2. The van der Waals surface area contributed by atoms with Crippen LogP contribution in [-0.2, 0) is 14.0 Å². The van der Waals surface area contributed by atoms with Crippen molar-refractivity contribution in [2.75, 3.05) is 5.88 Å². The number of carbonyl (C=O) groups is 1. The topological polar surface area (TPSA) is 35.5 Å². The summed E-state index contributed by atoms with van der Waals surface area (Å²) in [7, 11) is -2.04. The largest absolute Gasteiger partial charge is 0.453 e. The van der Waals surface area contributed by atoms with Crippen LogP contribution >= 0.6 is 11.6 Å². The van der Waals surface area contributed by atoms with E-state index in [2.05, 4.69) is 33.9 Å². The molecule has 0 aliphatic heterocycles. The normalized spacial score (nSPS) is 15.3. The maximum Gasteiger partial charge on any atom is 0.321 e. The van der Waals surface area contributed by atoms with Gasteiger partial charge in [-0.05, 0) is 30.6 Å². The van der Waals surface area contributed by atoms with Crippen LogP contribution in [0.25, 0.3) is 0 Å². The van der Waals surface area contributed by atoms with E-state index in [1.165, 1.54) is 0 Å². The molecule has 1 aromatic carbocycles. The van der Waals surface area contributed by atoms with E-state index in [0.717, 1.165) is 5.56 Å². The van der Waals surface area contributed by atoms with Crippen molar-refractivity contribution < 1.29 is 14.0 Å². The van der Waals surface area contributed by atoms with Gasteiger partial charge in [0.15, 0.2) is 14.4 Å². The van der Waals surface area contributed by atoms with Crippen LogP contribution < -0.4 is 0 Å². The molecule has 0 unspecified atom stereocenters. The first-order valence-electron chi connectivity index (χ1n) is 8.23. The highest BCUT2D eigenvalue weighted by Crippen LogP contribution is 2.39. The number of alkyl halides is 1. The molecule has 3 nitrogen and oxygen atoms in total. The molecule has 0 aliphatic rings. The third-order valence-electron chi connectivity index (χ3n) is 4.41. The van der Waals surface area contributed by atoms with E-state index in [0.29, 0.717) is 0 Å². The first-order chi connectivity index (χ1) is 11.1. The first-order valence-corrected chi connectivity index (χ1v) is 11.7. The van der Waals surface area contributed by atoms with Crippen LogP contribution in [0.4, 0.5) is 0 Å². The molecular weight excluding hydrogens is 340 g/mol. The lowest BCUT2D eigenvalue weighted by atomic mass is 10.0. The maximum absolute atomic E-state index is 11.8. The SMILES string of the molecule is C/C=C/[C@H](O[Si](C)(C)C(C)(C)C)[C@@H](OC(=O)CCl)c1ccccc1. The van der Waals surface area contributed by atoms with Gasteiger partial charge in [0.25, 0.3) is 0 Å². The van der Waals surface area contributed by atoms with Crippen LogP contribution in [0.15, 0.2) is 42.5 Å². The van der Waals surface area contributed by atoms with Crippen molar-refractivity contribution in [3.63, 3.8) is 0 Å². The molecule has 0 spiro atoms. The van der Waals surface area contributed by atoms with E-state index in [1.54, 1.807) is 0 Å². The Bertz CT molecular complexity index is 549. The van der Waals surface area contributed by atoms with Gasteiger partial charge < -0.3 is 9.16 Å². The molecule has 2 atom stereocenters. The minimum absolute atomic E-state index is 0.0601. The fraction of sp³-hybridized carbons (Fsp3) is 0.526. The van der Waals surface area contributed by atoms with Gasteiger partial charge in [0, 0.05) is 0 Å². The molecule has 1 rings (SSSR count). The van der Waals surface area contributed by atoms with Gasteiger partial charge in [-0.15, -0.1) is 11.6 Å². The monoisotopic (exact) mass is 368 g/mol. The summed E-state index contributed by atoms with van der Waals surface area (Å²) in [5.41, 5.74) is 0.901. The van der Waals surface area contributed by atoms with Crippen molar-refractivity contribution in [3.05, 3.63) is 48.0 Å². The minimum Gasteiger partial charge on any atom is -0.453 e. The molecule has 5 heteroatoms. The lowest BCUT2D eigenvalue weighted by Crippen LogP contribution is -2.45. The molecule has 0 radical (unpaired) electrons.